The molecule has 0 unspecified atom stereocenters. The molecule has 1 aromatic carbocycles. The maximum absolute atomic E-state index is 6.00. The van der Waals surface area contributed by atoms with Crippen LogP contribution in [0.4, 0.5) is 5.82 Å². The van der Waals surface area contributed by atoms with Crippen molar-refractivity contribution in [1.82, 2.24) is 4.98 Å². The van der Waals surface area contributed by atoms with Crippen molar-refractivity contribution in [3.63, 3.8) is 0 Å². The number of anilines is 1. The van der Waals surface area contributed by atoms with Crippen LogP contribution < -0.4 is 11.1 Å². The monoisotopic (exact) mass is 333 g/mol. The topological polar surface area (TPSA) is 50.9 Å². The van der Waals surface area contributed by atoms with Crippen molar-refractivity contribution in [3.05, 3.63) is 34.9 Å². The van der Waals surface area contributed by atoms with Crippen LogP contribution in [-0.4, -0.2) is 18.1 Å². The minimum atomic E-state index is 0.260. The molecule has 1 saturated carbocycles. The molecule has 0 radical (unpaired) electrons. The van der Waals surface area contributed by atoms with Crippen molar-refractivity contribution in [2.75, 3.05) is 18.4 Å². The van der Waals surface area contributed by atoms with Crippen LogP contribution in [0.15, 0.2) is 34.9 Å². The smallest absolute Gasteiger partial charge is 0.133 e. The van der Waals surface area contributed by atoms with E-state index in [2.05, 4.69) is 38.4 Å². The molecular weight excluding hydrogens is 314 g/mol. The van der Waals surface area contributed by atoms with Crippen molar-refractivity contribution in [2.45, 2.75) is 25.7 Å². The van der Waals surface area contributed by atoms with Crippen LogP contribution in [0.5, 0.6) is 0 Å². The van der Waals surface area contributed by atoms with Gasteiger partial charge in [-0.15, -0.1) is 0 Å². The van der Waals surface area contributed by atoms with Gasteiger partial charge in [0.1, 0.15) is 5.82 Å². The van der Waals surface area contributed by atoms with E-state index in [9.17, 15) is 0 Å². The van der Waals surface area contributed by atoms with Crippen LogP contribution in [0, 0.1) is 5.41 Å². The number of halogens is 1. The van der Waals surface area contributed by atoms with Crippen molar-refractivity contribution in [2.24, 2.45) is 11.1 Å². The molecule has 1 aromatic heterocycles. The van der Waals surface area contributed by atoms with Gasteiger partial charge in [-0.25, -0.2) is 4.98 Å². The van der Waals surface area contributed by atoms with Gasteiger partial charge in [0.25, 0.3) is 0 Å². The number of aromatic nitrogens is 1. The molecule has 3 rings (SSSR count). The van der Waals surface area contributed by atoms with Crippen LogP contribution in [0.1, 0.15) is 25.7 Å². The summed E-state index contributed by atoms with van der Waals surface area (Å²) in [7, 11) is 0. The molecule has 106 valence electrons. The Kier molecular flexibility index (Phi) is 3.94. The van der Waals surface area contributed by atoms with Crippen LogP contribution in [0.3, 0.4) is 0 Å². The van der Waals surface area contributed by atoms with Crippen LogP contribution in [-0.2, 0) is 0 Å². The van der Waals surface area contributed by atoms with E-state index in [1.807, 2.05) is 18.3 Å². The Bertz CT molecular complexity index is 606. The number of nitrogens with two attached hydrogens (primary N) is 1. The fraction of sp³-hybridized carbons (Fsp3) is 0.438. The maximum Gasteiger partial charge on any atom is 0.133 e. The van der Waals surface area contributed by atoms with Gasteiger partial charge in [-0.2, -0.15) is 0 Å². The Morgan fingerprint density at radius 1 is 1.20 bits per heavy atom. The zero-order chi connectivity index (χ0) is 14.0. The van der Waals surface area contributed by atoms with Gasteiger partial charge in [0, 0.05) is 28.0 Å². The van der Waals surface area contributed by atoms with E-state index in [1.54, 1.807) is 0 Å². The quantitative estimate of drug-likeness (QED) is 0.891. The van der Waals surface area contributed by atoms with Gasteiger partial charge in [-0.1, -0.05) is 40.9 Å². The van der Waals surface area contributed by atoms with E-state index in [0.717, 1.165) is 28.8 Å². The van der Waals surface area contributed by atoms with Gasteiger partial charge in [0.15, 0.2) is 0 Å². The fourth-order valence-corrected chi connectivity index (χ4v) is 3.66. The molecule has 2 aromatic rings. The molecule has 3 N–H and O–H groups in total. The predicted octanol–water partition coefficient (Wildman–Crippen LogP) is 3.93. The number of hydrogen-bond acceptors (Lipinski definition) is 3. The number of benzene rings is 1. The van der Waals surface area contributed by atoms with Crippen LogP contribution in [0.25, 0.3) is 10.8 Å². The van der Waals surface area contributed by atoms with Gasteiger partial charge in [0.05, 0.1) is 0 Å². The average molecular weight is 334 g/mol. The minimum Gasteiger partial charge on any atom is -0.369 e. The molecule has 0 spiro atoms. The molecular formula is C16H20BrN3. The molecule has 0 bridgehead atoms. The lowest BCUT2D eigenvalue weighted by Crippen LogP contribution is -2.34. The van der Waals surface area contributed by atoms with Gasteiger partial charge >= 0.3 is 0 Å². The van der Waals surface area contributed by atoms with Crippen LogP contribution in [0.2, 0.25) is 0 Å². The summed E-state index contributed by atoms with van der Waals surface area (Å²) in [6.07, 6.45) is 6.91. The van der Waals surface area contributed by atoms with Gasteiger partial charge in [-0.05, 0) is 36.9 Å². The summed E-state index contributed by atoms with van der Waals surface area (Å²) in [6, 6.07) is 8.26. The largest absolute Gasteiger partial charge is 0.369 e. The third kappa shape index (κ3) is 2.54. The third-order valence-electron chi connectivity index (χ3n) is 4.48. The number of fused-ring (bicyclic) bond motifs is 1. The zero-order valence-electron chi connectivity index (χ0n) is 11.5. The average Bonchev–Trinajstić information content (AvgIpc) is 2.95. The number of nitrogens with zero attached hydrogens (tertiary/aromatic N) is 1. The van der Waals surface area contributed by atoms with E-state index in [0.29, 0.717) is 0 Å². The summed E-state index contributed by atoms with van der Waals surface area (Å²) in [5.41, 5.74) is 6.26. The summed E-state index contributed by atoms with van der Waals surface area (Å²) in [4.78, 5) is 4.50. The first-order chi connectivity index (χ1) is 9.74. The summed E-state index contributed by atoms with van der Waals surface area (Å²) in [6.45, 7) is 1.68. The highest BCUT2D eigenvalue weighted by Crippen LogP contribution is 2.37. The highest BCUT2D eigenvalue weighted by Gasteiger charge is 2.32. The molecule has 4 heteroatoms. The SMILES string of the molecule is NCC1(CNc2nccc3c(Br)cccc23)CCCC1. The Morgan fingerprint density at radius 2 is 2.00 bits per heavy atom. The molecule has 20 heavy (non-hydrogen) atoms. The second-order valence-electron chi connectivity index (χ2n) is 5.76. The lowest BCUT2D eigenvalue weighted by molar-refractivity contribution is 0.332. The molecule has 0 saturated heterocycles. The van der Waals surface area contributed by atoms with E-state index in [1.165, 1.54) is 31.1 Å². The highest BCUT2D eigenvalue weighted by molar-refractivity contribution is 9.10. The lowest BCUT2D eigenvalue weighted by atomic mass is 9.86. The number of rotatable bonds is 4. The number of pyridine rings is 1. The second kappa shape index (κ2) is 5.70. The minimum absolute atomic E-state index is 0.260. The molecule has 1 aliphatic rings. The first-order valence-corrected chi connectivity index (χ1v) is 8.01. The molecule has 0 atom stereocenters. The maximum atomic E-state index is 6.00. The second-order valence-corrected chi connectivity index (χ2v) is 6.61. The van der Waals surface area contributed by atoms with E-state index >= 15 is 0 Å². The summed E-state index contributed by atoms with van der Waals surface area (Å²) in [5, 5.41) is 5.89. The van der Waals surface area contributed by atoms with E-state index < -0.39 is 0 Å². The highest BCUT2D eigenvalue weighted by atomic mass is 79.9. The van der Waals surface area contributed by atoms with Crippen molar-refractivity contribution >= 4 is 32.5 Å². The van der Waals surface area contributed by atoms with Gasteiger partial charge in [0.2, 0.25) is 0 Å². The predicted molar refractivity (Wildman–Crippen MR) is 87.9 cm³/mol. The molecule has 3 nitrogen and oxygen atoms in total. The van der Waals surface area contributed by atoms with Crippen molar-refractivity contribution in [1.29, 1.82) is 0 Å². The normalized spacial score (nSPS) is 17.5. The zero-order valence-corrected chi connectivity index (χ0v) is 13.1. The Balaban J connectivity index is 1.86. The fourth-order valence-electron chi connectivity index (χ4n) is 3.16. The Hall–Kier alpha value is -1.13. The number of nitrogens with one attached hydrogen (secondary N) is 1. The summed E-state index contributed by atoms with van der Waals surface area (Å²) < 4.78 is 1.11. The van der Waals surface area contributed by atoms with Crippen LogP contribution >= 0.6 is 15.9 Å². The molecule has 1 heterocycles. The summed E-state index contributed by atoms with van der Waals surface area (Å²) >= 11 is 3.60. The first kappa shape index (κ1) is 13.8. The lowest BCUT2D eigenvalue weighted by Gasteiger charge is -2.27. The molecule has 1 aliphatic carbocycles. The Morgan fingerprint density at radius 3 is 2.75 bits per heavy atom. The standard InChI is InChI=1S/C16H20BrN3/c17-14-5-3-4-13-12(14)6-9-19-15(13)20-11-16(10-18)7-1-2-8-16/h3-6,9H,1-2,7-8,10-11,18H2,(H,19,20). The van der Waals surface area contributed by atoms with Crippen molar-refractivity contribution in [3.8, 4) is 0 Å². The molecule has 0 aliphatic heterocycles. The van der Waals surface area contributed by atoms with Crippen molar-refractivity contribution < 1.29 is 0 Å². The first-order valence-electron chi connectivity index (χ1n) is 7.21. The Labute approximate surface area is 128 Å². The molecule has 1 fully saturated rings. The van der Waals surface area contributed by atoms with Gasteiger partial charge < -0.3 is 11.1 Å². The summed E-state index contributed by atoms with van der Waals surface area (Å²) in [5.74, 6) is 0.962. The third-order valence-corrected chi connectivity index (χ3v) is 5.17. The van der Waals surface area contributed by atoms with E-state index in [4.69, 9.17) is 5.73 Å². The number of hydrogen-bond donors (Lipinski definition) is 2. The van der Waals surface area contributed by atoms with Gasteiger partial charge in [-0.3, -0.25) is 0 Å². The molecule has 0 amide bonds. The van der Waals surface area contributed by atoms with E-state index in [-0.39, 0.29) is 5.41 Å².